The number of thiocarbonyl (C=S) groups is 1. The lowest BCUT2D eigenvalue weighted by Gasteiger charge is -2.27. The van der Waals surface area contributed by atoms with Crippen LogP contribution in [0, 0.1) is 27.7 Å². The molecular weight excluding hydrogens is 392 g/mol. The van der Waals surface area contributed by atoms with Crippen molar-refractivity contribution in [2.24, 2.45) is 0 Å². The molecule has 0 spiro atoms. The van der Waals surface area contributed by atoms with Crippen LogP contribution >= 0.6 is 12.2 Å². The van der Waals surface area contributed by atoms with Gasteiger partial charge in [-0.15, -0.1) is 0 Å². The van der Waals surface area contributed by atoms with Crippen LogP contribution in [0.25, 0.3) is 5.69 Å². The Kier molecular flexibility index (Phi) is 5.62. The predicted octanol–water partition coefficient (Wildman–Crippen LogP) is 4.07. The van der Waals surface area contributed by atoms with E-state index in [1.54, 1.807) is 0 Å². The molecule has 3 heterocycles. The Morgan fingerprint density at radius 2 is 1.80 bits per heavy atom. The number of para-hydroxylation sites is 1. The van der Waals surface area contributed by atoms with Gasteiger partial charge in [0.25, 0.3) is 0 Å². The number of aliphatic hydroxyl groups excluding tert-OH is 1. The predicted molar refractivity (Wildman–Crippen MR) is 124 cm³/mol. The molecule has 1 aliphatic heterocycles. The molecule has 5 nitrogen and oxygen atoms in total. The monoisotopic (exact) mass is 420 g/mol. The summed E-state index contributed by atoms with van der Waals surface area (Å²) in [5.74, 6) is 0. The van der Waals surface area contributed by atoms with E-state index in [9.17, 15) is 5.11 Å². The van der Waals surface area contributed by atoms with Gasteiger partial charge in [0.1, 0.15) is 0 Å². The number of aliphatic hydroxyl groups is 1. The standard InChI is InChI=1S/C24H28N4OS/c1-15-8-7-9-16(2)22(15)28-17(3)14-19(18(28)4)23-21(20-10-5-6-11-25-20)26-24(30)27(23)12-13-29/h5-11,14,21,23,29H,12-13H2,1-4H3,(H,26,30)/t21-,23-/m1/s1. The van der Waals surface area contributed by atoms with Crippen molar-refractivity contribution in [2.75, 3.05) is 13.2 Å². The fraction of sp³-hybridized carbons (Fsp3) is 0.333. The van der Waals surface area contributed by atoms with Crippen LogP contribution in [0.2, 0.25) is 0 Å². The van der Waals surface area contributed by atoms with Crippen molar-refractivity contribution >= 4 is 17.3 Å². The second-order valence-corrected chi connectivity index (χ2v) is 8.33. The van der Waals surface area contributed by atoms with Crippen molar-refractivity contribution in [3.63, 3.8) is 0 Å². The first kappa shape index (κ1) is 20.6. The molecule has 156 valence electrons. The summed E-state index contributed by atoms with van der Waals surface area (Å²) >= 11 is 5.65. The van der Waals surface area contributed by atoms with Gasteiger partial charge >= 0.3 is 0 Å². The molecule has 0 bridgehead atoms. The average Bonchev–Trinajstić information content (AvgIpc) is 3.20. The number of benzene rings is 1. The minimum absolute atomic E-state index is 0.0381. The molecule has 0 saturated carbocycles. The third kappa shape index (κ3) is 3.40. The summed E-state index contributed by atoms with van der Waals surface area (Å²) in [6, 6.07) is 14.5. The van der Waals surface area contributed by atoms with Crippen molar-refractivity contribution in [3.05, 3.63) is 82.4 Å². The van der Waals surface area contributed by atoms with E-state index in [0.717, 1.165) is 5.69 Å². The SMILES string of the molecule is Cc1cccc(C)c1-n1c(C)cc([C@@H]2[C@@H](c3ccccn3)NC(=S)N2CCO)c1C. The Morgan fingerprint density at radius 3 is 2.43 bits per heavy atom. The van der Waals surface area contributed by atoms with Crippen LogP contribution in [0.1, 0.15) is 45.9 Å². The zero-order valence-electron chi connectivity index (χ0n) is 17.9. The lowest BCUT2D eigenvalue weighted by Crippen LogP contribution is -2.32. The maximum absolute atomic E-state index is 9.70. The Hall–Kier alpha value is -2.70. The van der Waals surface area contributed by atoms with E-state index in [1.165, 1.54) is 33.8 Å². The van der Waals surface area contributed by atoms with E-state index in [1.807, 2.05) is 24.4 Å². The highest BCUT2D eigenvalue weighted by Gasteiger charge is 2.41. The molecule has 1 fully saturated rings. The van der Waals surface area contributed by atoms with Gasteiger partial charge in [-0.05, 0) is 74.8 Å². The molecule has 0 radical (unpaired) electrons. The molecule has 30 heavy (non-hydrogen) atoms. The number of rotatable bonds is 5. The van der Waals surface area contributed by atoms with Crippen LogP contribution < -0.4 is 5.32 Å². The fourth-order valence-electron chi connectivity index (χ4n) is 4.68. The Morgan fingerprint density at radius 1 is 1.07 bits per heavy atom. The highest BCUT2D eigenvalue weighted by Crippen LogP contribution is 2.41. The first-order valence-electron chi connectivity index (χ1n) is 10.3. The Bertz CT molecular complexity index is 1060. The molecule has 0 aliphatic carbocycles. The van der Waals surface area contributed by atoms with Crippen LogP contribution in [0.5, 0.6) is 0 Å². The first-order chi connectivity index (χ1) is 14.4. The van der Waals surface area contributed by atoms with Crippen LogP contribution in [0.3, 0.4) is 0 Å². The van der Waals surface area contributed by atoms with Crippen LogP contribution in [-0.4, -0.2) is 37.8 Å². The molecule has 4 rings (SSSR count). The van der Waals surface area contributed by atoms with Gasteiger partial charge in [-0.1, -0.05) is 24.3 Å². The minimum Gasteiger partial charge on any atom is -0.395 e. The number of aromatic nitrogens is 2. The van der Waals surface area contributed by atoms with Crippen molar-refractivity contribution in [2.45, 2.75) is 39.8 Å². The smallest absolute Gasteiger partial charge is 0.170 e. The van der Waals surface area contributed by atoms with E-state index < -0.39 is 0 Å². The maximum Gasteiger partial charge on any atom is 0.170 e. The van der Waals surface area contributed by atoms with Gasteiger partial charge in [-0.2, -0.15) is 0 Å². The molecule has 1 aromatic carbocycles. The van der Waals surface area contributed by atoms with E-state index in [0.29, 0.717) is 11.7 Å². The van der Waals surface area contributed by atoms with E-state index in [-0.39, 0.29) is 18.7 Å². The number of β-amino-alcohol motifs (C(OH)–C–C–N with tert-alkyl or cyclic N) is 1. The summed E-state index contributed by atoms with van der Waals surface area (Å²) in [6.07, 6.45) is 1.81. The number of pyridine rings is 1. The molecular formula is C24H28N4OS. The summed E-state index contributed by atoms with van der Waals surface area (Å²) < 4.78 is 2.34. The quantitative estimate of drug-likeness (QED) is 0.610. The van der Waals surface area contributed by atoms with Crippen LogP contribution in [-0.2, 0) is 0 Å². The van der Waals surface area contributed by atoms with Gasteiger partial charge in [-0.25, -0.2) is 0 Å². The molecule has 2 N–H and O–H groups in total. The third-order valence-corrected chi connectivity index (χ3v) is 6.34. The van der Waals surface area contributed by atoms with E-state index >= 15 is 0 Å². The normalized spacial score (nSPS) is 18.7. The number of nitrogens with zero attached hydrogens (tertiary/aromatic N) is 3. The molecule has 6 heteroatoms. The summed E-state index contributed by atoms with van der Waals surface area (Å²) in [6.45, 7) is 9.15. The van der Waals surface area contributed by atoms with Gasteiger partial charge < -0.3 is 19.9 Å². The second-order valence-electron chi connectivity index (χ2n) is 7.95. The van der Waals surface area contributed by atoms with Crippen LogP contribution in [0.15, 0.2) is 48.7 Å². The van der Waals surface area contributed by atoms with Crippen LogP contribution in [0.4, 0.5) is 0 Å². The molecule has 2 aromatic heterocycles. The fourth-order valence-corrected chi connectivity index (χ4v) is 5.01. The molecule has 0 unspecified atom stereocenters. The van der Waals surface area contributed by atoms with Crippen molar-refractivity contribution in [1.29, 1.82) is 0 Å². The number of hydrogen-bond donors (Lipinski definition) is 2. The molecule has 0 amide bonds. The lowest BCUT2D eigenvalue weighted by atomic mass is 9.96. The van der Waals surface area contributed by atoms with Crippen molar-refractivity contribution in [1.82, 2.24) is 19.8 Å². The van der Waals surface area contributed by atoms with Crippen molar-refractivity contribution < 1.29 is 5.11 Å². The van der Waals surface area contributed by atoms with Gasteiger partial charge in [0.05, 0.1) is 30.1 Å². The van der Waals surface area contributed by atoms with Gasteiger partial charge in [-0.3, -0.25) is 4.98 Å². The zero-order chi connectivity index (χ0) is 21.4. The van der Waals surface area contributed by atoms with Gasteiger partial charge in [0.2, 0.25) is 0 Å². The molecule has 1 aliphatic rings. The van der Waals surface area contributed by atoms with Gasteiger partial charge in [0, 0.05) is 24.1 Å². The Labute approximate surface area is 183 Å². The van der Waals surface area contributed by atoms with E-state index in [2.05, 4.69) is 71.7 Å². The summed E-state index contributed by atoms with van der Waals surface area (Å²) in [4.78, 5) is 6.68. The zero-order valence-corrected chi connectivity index (χ0v) is 18.7. The molecule has 2 atom stereocenters. The average molecular weight is 421 g/mol. The number of nitrogens with one attached hydrogen (secondary N) is 1. The number of aryl methyl sites for hydroxylation is 3. The van der Waals surface area contributed by atoms with E-state index in [4.69, 9.17) is 12.2 Å². The topological polar surface area (TPSA) is 53.3 Å². The molecule has 1 saturated heterocycles. The summed E-state index contributed by atoms with van der Waals surface area (Å²) in [5, 5.41) is 13.8. The summed E-state index contributed by atoms with van der Waals surface area (Å²) in [5.41, 5.74) is 8.24. The van der Waals surface area contributed by atoms with Gasteiger partial charge in [0.15, 0.2) is 5.11 Å². The highest BCUT2D eigenvalue weighted by molar-refractivity contribution is 7.80. The lowest BCUT2D eigenvalue weighted by molar-refractivity contribution is 0.223. The molecule has 3 aromatic rings. The minimum atomic E-state index is -0.0721. The largest absolute Gasteiger partial charge is 0.395 e. The first-order valence-corrected chi connectivity index (χ1v) is 10.7. The summed E-state index contributed by atoms with van der Waals surface area (Å²) in [7, 11) is 0. The number of hydrogen-bond acceptors (Lipinski definition) is 3. The second kappa shape index (κ2) is 8.20. The maximum atomic E-state index is 9.70. The Balaban J connectivity index is 1.87. The third-order valence-electron chi connectivity index (χ3n) is 5.99. The highest BCUT2D eigenvalue weighted by atomic mass is 32.1. The van der Waals surface area contributed by atoms with Crippen molar-refractivity contribution in [3.8, 4) is 5.69 Å².